The average molecular weight is 386 g/mol. The summed E-state index contributed by atoms with van der Waals surface area (Å²) in [7, 11) is 1.51. The van der Waals surface area contributed by atoms with Crippen LogP contribution in [0.4, 0.5) is 0 Å². The number of carboxylic acids is 1. The number of carbonyl (C=O) groups excluding carboxylic acids is 2. The normalized spacial score (nSPS) is 11.4. The van der Waals surface area contributed by atoms with E-state index in [1.165, 1.54) is 7.11 Å². The minimum Gasteiger partial charge on any atom is -0.550 e. The Bertz CT molecular complexity index is 775. The van der Waals surface area contributed by atoms with E-state index in [0.29, 0.717) is 29.4 Å². The molecule has 1 atom stereocenters. The summed E-state index contributed by atoms with van der Waals surface area (Å²) in [6, 6.07) is 13.1. The molecule has 2 aromatic carbocycles. The van der Waals surface area contributed by atoms with E-state index in [0.717, 1.165) is 6.42 Å². The van der Waals surface area contributed by atoms with Crippen molar-refractivity contribution in [1.29, 1.82) is 0 Å². The van der Waals surface area contributed by atoms with Gasteiger partial charge >= 0.3 is 0 Å². The van der Waals surface area contributed by atoms with Gasteiger partial charge in [0.1, 0.15) is 5.75 Å². The van der Waals surface area contributed by atoms with Gasteiger partial charge in [0.25, 0.3) is 5.91 Å². The van der Waals surface area contributed by atoms with Crippen molar-refractivity contribution in [3.05, 3.63) is 54.1 Å². The zero-order valence-electron chi connectivity index (χ0n) is 16.0. The standard InChI is InChI=1S/C21H25NO6/c1-3-12-27-16-10-8-15(9-11-16)17(13-21(24)25)22-20(23)14-28-19-7-5-4-6-18(19)26-2/h4-11,17H,3,12-14H2,1-2H3,(H,22,23)(H,24,25)/p-1/t17-/m0/s1. The van der Waals surface area contributed by atoms with Crippen molar-refractivity contribution in [2.24, 2.45) is 0 Å². The highest BCUT2D eigenvalue weighted by atomic mass is 16.5. The molecule has 0 unspecified atom stereocenters. The molecule has 0 radical (unpaired) electrons. The number of ether oxygens (including phenoxy) is 3. The first-order valence-corrected chi connectivity index (χ1v) is 9.01. The summed E-state index contributed by atoms with van der Waals surface area (Å²) < 4.78 is 16.2. The van der Waals surface area contributed by atoms with E-state index < -0.39 is 17.9 Å². The van der Waals surface area contributed by atoms with Gasteiger partial charge in [-0.25, -0.2) is 0 Å². The van der Waals surface area contributed by atoms with Crippen LogP contribution in [0.15, 0.2) is 48.5 Å². The van der Waals surface area contributed by atoms with Crippen molar-refractivity contribution in [1.82, 2.24) is 5.32 Å². The first-order chi connectivity index (χ1) is 13.5. The number of hydrogen-bond donors (Lipinski definition) is 1. The Balaban J connectivity index is 2.00. The predicted octanol–water partition coefficient (Wildman–Crippen LogP) is 1.86. The van der Waals surface area contributed by atoms with Gasteiger partial charge in [0, 0.05) is 12.4 Å². The molecule has 0 aromatic heterocycles. The smallest absolute Gasteiger partial charge is 0.258 e. The van der Waals surface area contributed by atoms with Gasteiger partial charge in [0.15, 0.2) is 18.1 Å². The second-order valence-corrected chi connectivity index (χ2v) is 6.05. The molecule has 0 fully saturated rings. The molecule has 0 saturated carbocycles. The summed E-state index contributed by atoms with van der Waals surface area (Å²) in [5.74, 6) is -0.104. The fourth-order valence-corrected chi connectivity index (χ4v) is 2.55. The van der Waals surface area contributed by atoms with Crippen LogP contribution in [-0.2, 0) is 9.59 Å². The van der Waals surface area contributed by atoms with Crippen LogP contribution in [0.1, 0.15) is 31.4 Å². The fraction of sp³-hybridized carbons (Fsp3) is 0.333. The number of benzene rings is 2. The molecule has 2 rings (SSSR count). The minimum absolute atomic E-state index is 0.276. The maximum absolute atomic E-state index is 12.3. The lowest BCUT2D eigenvalue weighted by atomic mass is 10.0. The lowest BCUT2D eigenvalue weighted by Gasteiger charge is -2.20. The van der Waals surface area contributed by atoms with Crippen LogP contribution in [0.25, 0.3) is 0 Å². The molecular formula is C21H24NO6-. The number of carboxylic acid groups (broad SMARTS) is 1. The topological polar surface area (TPSA) is 96.9 Å². The summed E-state index contributed by atoms with van der Waals surface area (Å²) in [5.41, 5.74) is 0.638. The van der Waals surface area contributed by atoms with Crippen LogP contribution in [0.5, 0.6) is 17.2 Å². The Hall–Kier alpha value is -3.22. The second kappa shape index (κ2) is 10.8. The molecule has 0 saturated heterocycles. The van der Waals surface area contributed by atoms with Crippen molar-refractivity contribution in [2.75, 3.05) is 20.3 Å². The Morgan fingerprint density at radius 1 is 1.04 bits per heavy atom. The molecule has 0 aliphatic heterocycles. The number of carbonyl (C=O) groups is 2. The van der Waals surface area contributed by atoms with Gasteiger partial charge in [-0.05, 0) is 36.2 Å². The number of hydrogen-bond acceptors (Lipinski definition) is 6. The minimum atomic E-state index is -1.26. The van der Waals surface area contributed by atoms with Crippen LogP contribution in [-0.4, -0.2) is 32.2 Å². The van der Waals surface area contributed by atoms with Crippen LogP contribution >= 0.6 is 0 Å². The maximum atomic E-state index is 12.3. The average Bonchev–Trinajstić information content (AvgIpc) is 2.70. The van der Waals surface area contributed by atoms with Gasteiger partial charge in [-0.1, -0.05) is 31.2 Å². The van der Waals surface area contributed by atoms with E-state index in [1.807, 2.05) is 6.92 Å². The van der Waals surface area contributed by atoms with Crippen molar-refractivity contribution < 1.29 is 28.9 Å². The van der Waals surface area contributed by atoms with E-state index >= 15 is 0 Å². The Morgan fingerprint density at radius 2 is 1.71 bits per heavy atom. The highest BCUT2D eigenvalue weighted by Gasteiger charge is 2.16. The monoisotopic (exact) mass is 386 g/mol. The van der Waals surface area contributed by atoms with Crippen LogP contribution in [0.2, 0.25) is 0 Å². The van der Waals surface area contributed by atoms with E-state index in [2.05, 4.69) is 5.32 Å². The molecule has 0 spiro atoms. The summed E-state index contributed by atoms with van der Waals surface area (Å²) in [6.45, 7) is 2.33. The molecular weight excluding hydrogens is 362 g/mol. The zero-order chi connectivity index (χ0) is 20.4. The third kappa shape index (κ3) is 6.50. The van der Waals surface area contributed by atoms with Crippen molar-refractivity contribution in [2.45, 2.75) is 25.8 Å². The highest BCUT2D eigenvalue weighted by Crippen LogP contribution is 2.26. The summed E-state index contributed by atoms with van der Waals surface area (Å²) in [4.78, 5) is 23.4. The Morgan fingerprint density at radius 3 is 2.32 bits per heavy atom. The number of amides is 1. The third-order valence-corrected chi connectivity index (χ3v) is 3.89. The van der Waals surface area contributed by atoms with Crippen LogP contribution < -0.4 is 24.6 Å². The van der Waals surface area contributed by atoms with E-state index in [4.69, 9.17) is 14.2 Å². The molecule has 7 nitrogen and oxygen atoms in total. The van der Waals surface area contributed by atoms with Crippen LogP contribution in [0, 0.1) is 0 Å². The van der Waals surface area contributed by atoms with Crippen molar-refractivity contribution in [3.63, 3.8) is 0 Å². The number of aliphatic carboxylic acids is 1. The van der Waals surface area contributed by atoms with Crippen molar-refractivity contribution >= 4 is 11.9 Å². The second-order valence-electron chi connectivity index (χ2n) is 6.05. The summed E-state index contributed by atoms with van der Waals surface area (Å²) >= 11 is 0. The summed E-state index contributed by atoms with van der Waals surface area (Å²) in [5, 5.41) is 13.8. The van der Waals surface area contributed by atoms with Gasteiger partial charge in [0.2, 0.25) is 0 Å². The summed E-state index contributed by atoms with van der Waals surface area (Å²) in [6.07, 6.45) is 0.535. The SMILES string of the molecule is CCCOc1ccc([C@H](CC(=O)[O-])NC(=O)COc2ccccc2OC)cc1. The molecule has 0 bridgehead atoms. The van der Waals surface area contributed by atoms with Crippen LogP contribution in [0.3, 0.4) is 0 Å². The molecule has 0 aliphatic carbocycles. The van der Waals surface area contributed by atoms with Gasteiger partial charge in [0.05, 0.1) is 19.8 Å². The Labute approximate surface area is 164 Å². The highest BCUT2D eigenvalue weighted by molar-refractivity contribution is 5.79. The molecule has 1 N–H and O–H groups in total. The molecule has 0 aliphatic rings. The molecule has 28 heavy (non-hydrogen) atoms. The molecule has 1 amide bonds. The first-order valence-electron chi connectivity index (χ1n) is 9.01. The lowest BCUT2D eigenvalue weighted by Crippen LogP contribution is -2.36. The maximum Gasteiger partial charge on any atom is 0.258 e. The predicted molar refractivity (Wildman–Crippen MR) is 101 cm³/mol. The number of nitrogens with one attached hydrogen (secondary N) is 1. The Kier molecular flexibility index (Phi) is 8.14. The van der Waals surface area contributed by atoms with Crippen molar-refractivity contribution in [3.8, 4) is 17.2 Å². The zero-order valence-corrected chi connectivity index (χ0v) is 16.0. The van der Waals surface area contributed by atoms with E-state index in [9.17, 15) is 14.7 Å². The molecule has 150 valence electrons. The van der Waals surface area contributed by atoms with Gasteiger partial charge in [-0.3, -0.25) is 4.79 Å². The van der Waals surface area contributed by atoms with E-state index in [-0.39, 0.29) is 13.0 Å². The number of methoxy groups -OCH3 is 1. The quantitative estimate of drug-likeness (QED) is 0.633. The number of para-hydroxylation sites is 2. The van der Waals surface area contributed by atoms with Gasteiger partial charge in [-0.15, -0.1) is 0 Å². The molecule has 0 heterocycles. The first kappa shape index (κ1) is 21.1. The number of rotatable bonds is 11. The van der Waals surface area contributed by atoms with Gasteiger partial charge in [-0.2, -0.15) is 0 Å². The molecule has 7 heteroatoms. The molecule has 2 aromatic rings. The third-order valence-electron chi connectivity index (χ3n) is 3.89. The largest absolute Gasteiger partial charge is 0.550 e. The fourth-order valence-electron chi connectivity index (χ4n) is 2.55. The van der Waals surface area contributed by atoms with E-state index in [1.54, 1.807) is 48.5 Å². The van der Waals surface area contributed by atoms with Gasteiger partial charge < -0.3 is 29.4 Å². The lowest BCUT2D eigenvalue weighted by molar-refractivity contribution is -0.306.